The summed E-state index contributed by atoms with van der Waals surface area (Å²) in [5, 5.41) is 16.7. The fraction of sp³-hybridized carbons (Fsp3) is 0.139. The Hall–Kier alpha value is -5.25. The molecule has 0 amide bonds. The number of aromatic nitrogens is 3. The minimum absolute atomic E-state index is 0.547. The smallest absolute Gasteiger partial charge is 0.164 e. The number of hydrogen-bond acceptors (Lipinski definition) is 5. The van der Waals surface area contributed by atoms with Gasteiger partial charge in [-0.1, -0.05) is 91.0 Å². The molecule has 1 fully saturated rings. The highest BCUT2D eigenvalue weighted by Gasteiger charge is 2.26. The summed E-state index contributed by atoms with van der Waals surface area (Å²) in [4.78, 5) is 9.97. The van der Waals surface area contributed by atoms with E-state index >= 15 is 0 Å². The van der Waals surface area contributed by atoms with Crippen LogP contribution in [0, 0.1) is 11.3 Å². The number of nitriles is 1. The van der Waals surface area contributed by atoms with Crippen molar-refractivity contribution in [3.05, 3.63) is 121 Å². The quantitative estimate of drug-likeness (QED) is 0.232. The van der Waals surface area contributed by atoms with E-state index in [1.54, 1.807) is 0 Å². The van der Waals surface area contributed by atoms with Gasteiger partial charge in [0.05, 0.1) is 22.3 Å². The van der Waals surface area contributed by atoms with Gasteiger partial charge in [-0.15, -0.1) is 0 Å². The predicted octanol–water partition coefficient (Wildman–Crippen LogP) is 7.04. The SMILES string of the molecule is CN1CCN(c2ccc(-c3c(C#N)c(-c4ccccc4)nc4c3c(-c3ccccc3)nn4-c3ccccc3)cc2)CC1. The van der Waals surface area contributed by atoms with Crippen molar-refractivity contribution in [1.29, 1.82) is 5.26 Å². The lowest BCUT2D eigenvalue weighted by atomic mass is 9.92. The molecule has 204 valence electrons. The normalized spacial score (nSPS) is 13.8. The van der Waals surface area contributed by atoms with E-state index in [1.165, 1.54) is 5.69 Å². The van der Waals surface area contributed by atoms with Gasteiger partial charge in [-0.05, 0) is 36.9 Å². The molecule has 0 spiro atoms. The summed E-state index contributed by atoms with van der Waals surface area (Å²) in [6.45, 7) is 4.09. The van der Waals surface area contributed by atoms with Crippen LogP contribution >= 0.6 is 0 Å². The Balaban J connectivity index is 1.53. The molecule has 0 saturated carbocycles. The first kappa shape index (κ1) is 25.7. The van der Waals surface area contributed by atoms with Crippen molar-refractivity contribution in [2.45, 2.75) is 0 Å². The Morgan fingerprint density at radius 2 is 1.19 bits per heavy atom. The molecule has 2 aromatic heterocycles. The standard InChI is InChI=1S/C36H30N6/c1-40-21-23-41(24-22-40)29-19-17-26(18-20-29)32-31(25-37)34(27-11-5-2-6-12-27)38-36-33(32)35(28-13-7-3-8-14-28)39-42(36)30-15-9-4-10-16-30/h2-20H,21-24H2,1H3. The Morgan fingerprint density at radius 3 is 1.79 bits per heavy atom. The molecule has 3 heterocycles. The second-order valence-corrected chi connectivity index (χ2v) is 10.7. The van der Waals surface area contributed by atoms with E-state index in [0.29, 0.717) is 11.3 Å². The van der Waals surface area contributed by atoms with Gasteiger partial charge >= 0.3 is 0 Å². The monoisotopic (exact) mass is 546 g/mol. The Bertz CT molecular complexity index is 1880. The van der Waals surface area contributed by atoms with Gasteiger partial charge in [-0.25, -0.2) is 9.67 Å². The zero-order chi connectivity index (χ0) is 28.5. The molecule has 4 aromatic carbocycles. The maximum Gasteiger partial charge on any atom is 0.164 e. The largest absolute Gasteiger partial charge is 0.369 e. The molecule has 0 bridgehead atoms. The molecular formula is C36H30N6. The van der Waals surface area contributed by atoms with Crippen LogP contribution in [0.2, 0.25) is 0 Å². The second kappa shape index (κ2) is 11.0. The van der Waals surface area contributed by atoms with E-state index in [9.17, 15) is 5.26 Å². The zero-order valence-electron chi connectivity index (χ0n) is 23.5. The second-order valence-electron chi connectivity index (χ2n) is 10.7. The third-order valence-corrected chi connectivity index (χ3v) is 8.05. The van der Waals surface area contributed by atoms with E-state index in [4.69, 9.17) is 10.1 Å². The molecule has 6 heteroatoms. The van der Waals surface area contributed by atoms with E-state index in [0.717, 1.165) is 70.8 Å². The first-order valence-electron chi connectivity index (χ1n) is 14.3. The highest BCUT2D eigenvalue weighted by Crippen LogP contribution is 2.42. The van der Waals surface area contributed by atoms with Crippen LogP contribution in [0.4, 0.5) is 5.69 Å². The minimum Gasteiger partial charge on any atom is -0.369 e. The lowest BCUT2D eigenvalue weighted by Crippen LogP contribution is -2.44. The van der Waals surface area contributed by atoms with Crippen LogP contribution in [0.25, 0.3) is 50.4 Å². The molecule has 1 aliphatic rings. The number of rotatable bonds is 5. The molecule has 7 rings (SSSR count). The van der Waals surface area contributed by atoms with Gasteiger partial charge in [-0.2, -0.15) is 10.4 Å². The van der Waals surface area contributed by atoms with Crippen molar-refractivity contribution in [3.63, 3.8) is 0 Å². The molecule has 1 saturated heterocycles. The van der Waals surface area contributed by atoms with E-state index in [1.807, 2.05) is 83.5 Å². The van der Waals surface area contributed by atoms with Crippen LogP contribution in [-0.4, -0.2) is 52.9 Å². The molecule has 0 aliphatic carbocycles. The van der Waals surface area contributed by atoms with Crippen molar-refractivity contribution < 1.29 is 0 Å². The third kappa shape index (κ3) is 4.60. The van der Waals surface area contributed by atoms with Gasteiger partial charge in [0.15, 0.2) is 5.65 Å². The summed E-state index contributed by atoms with van der Waals surface area (Å²) >= 11 is 0. The number of pyridine rings is 1. The van der Waals surface area contributed by atoms with Crippen LogP contribution in [0.5, 0.6) is 0 Å². The van der Waals surface area contributed by atoms with Crippen LogP contribution in [0.15, 0.2) is 115 Å². The highest BCUT2D eigenvalue weighted by molar-refractivity contribution is 6.07. The van der Waals surface area contributed by atoms with Crippen LogP contribution < -0.4 is 4.90 Å². The summed E-state index contributed by atoms with van der Waals surface area (Å²) in [5.74, 6) is 0. The number of anilines is 1. The van der Waals surface area contributed by atoms with Gasteiger partial charge in [-0.3, -0.25) is 0 Å². The number of piperazine rings is 1. The Morgan fingerprint density at radius 1 is 0.619 bits per heavy atom. The Labute approximate surface area is 245 Å². The molecule has 6 nitrogen and oxygen atoms in total. The molecule has 6 aromatic rings. The summed E-state index contributed by atoms with van der Waals surface area (Å²) in [6, 6.07) is 41.4. The molecule has 1 aliphatic heterocycles. The first-order valence-corrected chi connectivity index (χ1v) is 14.3. The third-order valence-electron chi connectivity index (χ3n) is 8.05. The minimum atomic E-state index is 0.547. The van der Waals surface area contributed by atoms with Gasteiger partial charge in [0.25, 0.3) is 0 Å². The fourth-order valence-corrected chi connectivity index (χ4v) is 5.80. The number of benzene rings is 4. The first-order chi connectivity index (χ1) is 20.7. The zero-order valence-corrected chi connectivity index (χ0v) is 23.5. The maximum atomic E-state index is 10.7. The van der Waals surface area contributed by atoms with Gasteiger partial charge in [0.2, 0.25) is 0 Å². The molecule has 0 radical (unpaired) electrons. The number of fused-ring (bicyclic) bond motifs is 1. The highest BCUT2D eigenvalue weighted by atomic mass is 15.3. The summed E-state index contributed by atoms with van der Waals surface area (Å²) < 4.78 is 1.91. The lowest BCUT2D eigenvalue weighted by Gasteiger charge is -2.34. The number of nitrogens with zero attached hydrogens (tertiary/aromatic N) is 6. The molecule has 42 heavy (non-hydrogen) atoms. The van der Waals surface area contributed by atoms with Gasteiger partial charge < -0.3 is 9.80 Å². The number of likely N-dealkylation sites (N-methyl/N-ethyl adjacent to an activating group) is 1. The average molecular weight is 547 g/mol. The molecule has 0 N–H and O–H groups in total. The number of para-hydroxylation sites is 1. The molecular weight excluding hydrogens is 516 g/mol. The average Bonchev–Trinajstić information content (AvgIpc) is 3.45. The van der Waals surface area contributed by atoms with Crippen molar-refractivity contribution in [3.8, 4) is 45.4 Å². The van der Waals surface area contributed by atoms with Crippen LogP contribution in [0.1, 0.15) is 5.56 Å². The number of hydrogen-bond donors (Lipinski definition) is 0. The summed E-state index contributed by atoms with van der Waals surface area (Å²) in [5.41, 5.74) is 8.53. The van der Waals surface area contributed by atoms with E-state index in [-0.39, 0.29) is 0 Å². The molecule has 0 unspecified atom stereocenters. The predicted molar refractivity (Wildman–Crippen MR) is 170 cm³/mol. The van der Waals surface area contributed by atoms with Gasteiger partial charge in [0, 0.05) is 48.6 Å². The maximum absolute atomic E-state index is 10.7. The van der Waals surface area contributed by atoms with Crippen molar-refractivity contribution >= 4 is 16.7 Å². The van der Waals surface area contributed by atoms with Crippen molar-refractivity contribution in [2.24, 2.45) is 0 Å². The summed E-state index contributed by atoms with van der Waals surface area (Å²) in [7, 11) is 2.17. The van der Waals surface area contributed by atoms with Crippen LogP contribution in [0.3, 0.4) is 0 Å². The van der Waals surface area contributed by atoms with E-state index < -0.39 is 0 Å². The molecule has 0 atom stereocenters. The summed E-state index contributed by atoms with van der Waals surface area (Å²) in [6.07, 6.45) is 0. The lowest BCUT2D eigenvalue weighted by molar-refractivity contribution is 0.313. The van der Waals surface area contributed by atoms with Crippen molar-refractivity contribution in [1.82, 2.24) is 19.7 Å². The van der Waals surface area contributed by atoms with Crippen molar-refractivity contribution in [2.75, 3.05) is 38.1 Å². The Kier molecular flexibility index (Phi) is 6.71. The topological polar surface area (TPSA) is 61.0 Å². The fourth-order valence-electron chi connectivity index (χ4n) is 5.80. The van der Waals surface area contributed by atoms with E-state index in [2.05, 4.69) is 59.3 Å². The van der Waals surface area contributed by atoms with Crippen LogP contribution in [-0.2, 0) is 0 Å². The van der Waals surface area contributed by atoms with Gasteiger partial charge in [0.1, 0.15) is 11.8 Å².